The van der Waals surface area contributed by atoms with Gasteiger partial charge in [-0.05, 0) is 49.7 Å². The van der Waals surface area contributed by atoms with Gasteiger partial charge in [0.1, 0.15) is 5.82 Å². The highest BCUT2D eigenvalue weighted by Crippen LogP contribution is 2.20. The number of rotatable bonds is 5. The number of piperidine rings is 1. The molecule has 3 rings (SSSR count). The molecule has 1 aliphatic heterocycles. The molecule has 1 aromatic rings. The molecule has 2 aliphatic rings. The molecule has 1 aromatic heterocycles. The van der Waals surface area contributed by atoms with Gasteiger partial charge in [-0.15, -0.1) is 0 Å². The molecule has 1 aliphatic carbocycles. The van der Waals surface area contributed by atoms with Crippen LogP contribution in [-0.4, -0.2) is 24.0 Å². The number of anilines is 1. The maximum atomic E-state index is 11.9. The fourth-order valence-electron chi connectivity index (χ4n) is 3.21. The monoisotopic (exact) mass is 299 g/mol. The van der Waals surface area contributed by atoms with Crippen LogP contribution in [0, 0.1) is 5.92 Å². The van der Waals surface area contributed by atoms with Crippen molar-refractivity contribution in [3.8, 4) is 0 Å². The van der Waals surface area contributed by atoms with E-state index in [4.69, 9.17) is 0 Å². The van der Waals surface area contributed by atoms with E-state index in [2.05, 4.69) is 39.5 Å². The molecule has 0 aromatic carbocycles. The van der Waals surface area contributed by atoms with Crippen LogP contribution in [0.5, 0.6) is 0 Å². The maximum Gasteiger partial charge on any atom is 0.220 e. The summed E-state index contributed by atoms with van der Waals surface area (Å²) in [7, 11) is 0. The van der Waals surface area contributed by atoms with Crippen molar-refractivity contribution in [2.24, 2.45) is 5.92 Å². The fourth-order valence-corrected chi connectivity index (χ4v) is 3.21. The first-order valence-electron chi connectivity index (χ1n) is 8.44. The van der Waals surface area contributed by atoms with E-state index in [-0.39, 0.29) is 5.91 Å². The Kier molecular flexibility index (Phi) is 5.09. The minimum atomic E-state index is 0.136. The van der Waals surface area contributed by atoms with Crippen LogP contribution in [0.15, 0.2) is 30.5 Å². The molecule has 1 atom stereocenters. The summed E-state index contributed by atoms with van der Waals surface area (Å²) in [5, 5.41) is 3.00. The largest absolute Gasteiger partial charge is 0.357 e. The molecule has 2 heterocycles. The lowest BCUT2D eigenvalue weighted by Crippen LogP contribution is -2.30. The zero-order valence-electron chi connectivity index (χ0n) is 13.1. The van der Waals surface area contributed by atoms with Crippen molar-refractivity contribution in [2.45, 2.75) is 45.1 Å². The second kappa shape index (κ2) is 7.43. The van der Waals surface area contributed by atoms with Gasteiger partial charge in [-0.1, -0.05) is 18.2 Å². The highest BCUT2D eigenvalue weighted by atomic mass is 16.1. The van der Waals surface area contributed by atoms with Crippen LogP contribution < -0.4 is 10.2 Å². The number of carbonyl (C=O) groups excluding carboxylic acids is 1. The number of amides is 1. The van der Waals surface area contributed by atoms with E-state index in [1.54, 1.807) is 0 Å². The van der Waals surface area contributed by atoms with Crippen LogP contribution in [-0.2, 0) is 11.3 Å². The topological polar surface area (TPSA) is 45.2 Å². The van der Waals surface area contributed by atoms with Gasteiger partial charge in [0.05, 0.1) is 0 Å². The van der Waals surface area contributed by atoms with E-state index in [1.165, 1.54) is 19.3 Å². The maximum absolute atomic E-state index is 11.9. The second-order valence-corrected chi connectivity index (χ2v) is 6.32. The van der Waals surface area contributed by atoms with Gasteiger partial charge >= 0.3 is 0 Å². The Labute approximate surface area is 132 Å². The average Bonchev–Trinajstić information content (AvgIpc) is 3.07. The van der Waals surface area contributed by atoms with E-state index in [0.29, 0.717) is 18.9 Å². The highest BCUT2D eigenvalue weighted by molar-refractivity contribution is 5.76. The van der Waals surface area contributed by atoms with Crippen LogP contribution in [0.4, 0.5) is 5.82 Å². The van der Waals surface area contributed by atoms with Gasteiger partial charge in [0, 0.05) is 32.3 Å². The summed E-state index contributed by atoms with van der Waals surface area (Å²) in [6, 6.07) is 4.15. The smallest absolute Gasteiger partial charge is 0.220 e. The lowest BCUT2D eigenvalue weighted by atomic mass is 10.1. The second-order valence-electron chi connectivity index (χ2n) is 6.32. The van der Waals surface area contributed by atoms with Crippen LogP contribution in [0.25, 0.3) is 0 Å². The third-order valence-electron chi connectivity index (χ3n) is 4.54. The number of aromatic nitrogens is 1. The Hall–Kier alpha value is -1.84. The van der Waals surface area contributed by atoms with E-state index >= 15 is 0 Å². The number of nitrogens with one attached hydrogen (secondary N) is 1. The molecule has 0 radical (unpaired) electrons. The lowest BCUT2D eigenvalue weighted by molar-refractivity contribution is -0.121. The Morgan fingerprint density at radius 3 is 2.82 bits per heavy atom. The third kappa shape index (κ3) is 4.09. The van der Waals surface area contributed by atoms with Gasteiger partial charge in [-0.3, -0.25) is 4.79 Å². The van der Waals surface area contributed by atoms with Crippen LogP contribution in [0.2, 0.25) is 0 Å². The van der Waals surface area contributed by atoms with E-state index in [0.717, 1.165) is 37.3 Å². The predicted molar refractivity (Wildman–Crippen MR) is 88.6 cm³/mol. The molecular formula is C18H25N3O. The van der Waals surface area contributed by atoms with E-state index < -0.39 is 0 Å². The molecule has 4 nitrogen and oxygen atoms in total. The van der Waals surface area contributed by atoms with Crippen molar-refractivity contribution in [2.75, 3.05) is 18.0 Å². The molecule has 1 N–H and O–H groups in total. The number of nitrogens with zero attached hydrogens (tertiary/aromatic N) is 2. The molecule has 0 spiro atoms. The zero-order valence-corrected chi connectivity index (χ0v) is 13.1. The van der Waals surface area contributed by atoms with Gasteiger partial charge in [-0.2, -0.15) is 0 Å². The van der Waals surface area contributed by atoms with Crippen molar-refractivity contribution in [1.82, 2.24) is 10.3 Å². The molecule has 4 heteroatoms. The molecule has 1 amide bonds. The Bertz CT molecular complexity index is 518. The van der Waals surface area contributed by atoms with Gasteiger partial charge in [0.2, 0.25) is 5.91 Å². The molecule has 1 fully saturated rings. The van der Waals surface area contributed by atoms with Crippen LogP contribution in [0.3, 0.4) is 0 Å². The molecule has 0 saturated carbocycles. The molecule has 0 bridgehead atoms. The van der Waals surface area contributed by atoms with E-state index in [1.807, 2.05) is 6.20 Å². The summed E-state index contributed by atoms with van der Waals surface area (Å²) in [4.78, 5) is 18.8. The number of pyridine rings is 1. The van der Waals surface area contributed by atoms with Crippen molar-refractivity contribution in [1.29, 1.82) is 0 Å². The van der Waals surface area contributed by atoms with Crippen molar-refractivity contribution in [3.05, 3.63) is 36.0 Å². The summed E-state index contributed by atoms with van der Waals surface area (Å²) in [6.45, 7) is 2.79. The van der Waals surface area contributed by atoms with Crippen molar-refractivity contribution in [3.63, 3.8) is 0 Å². The summed E-state index contributed by atoms with van der Waals surface area (Å²) in [5.41, 5.74) is 1.07. The van der Waals surface area contributed by atoms with Gasteiger partial charge in [0.15, 0.2) is 0 Å². The molecule has 22 heavy (non-hydrogen) atoms. The van der Waals surface area contributed by atoms with E-state index in [9.17, 15) is 4.79 Å². The predicted octanol–water partition coefficient (Wildman–Crippen LogP) is 3.04. The average molecular weight is 299 g/mol. The quantitative estimate of drug-likeness (QED) is 0.850. The standard InChI is InChI=1S/C18H25N3O/c22-18(12-15-6-2-3-7-15)20-14-16-8-9-17(19-13-16)21-10-4-1-5-11-21/h2,6,8-9,13,15H,1,3-5,7,10-12,14H2,(H,20,22)/t15-/m1/s1. The third-order valence-corrected chi connectivity index (χ3v) is 4.54. The SMILES string of the molecule is O=C(C[C@@H]1C=CCC1)NCc1ccc(N2CCCCC2)nc1. The van der Waals surface area contributed by atoms with Crippen molar-refractivity contribution < 1.29 is 4.79 Å². The summed E-state index contributed by atoms with van der Waals surface area (Å²) in [5.74, 6) is 1.63. The first-order chi connectivity index (χ1) is 10.8. The van der Waals surface area contributed by atoms with Crippen LogP contribution >= 0.6 is 0 Å². The van der Waals surface area contributed by atoms with Crippen LogP contribution in [0.1, 0.15) is 44.1 Å². The highest BCUT2D eigenvalue weighted by Gasteiger charge is 2.14. The Morgan fingerprint density at radius 1 is 1.27 bits per heavy atom. The molecular weight excluding hydrogens is 274 g/mol. The first kappa shape index (κ1) is 15.1. The summed E-state index contributed by atoms with van der Waals surface area (Å²) < 4.78 is 0. The number of hydrogen-bond donors (Lipinski definition) is 1. The molecule has 118 valence electrons. The number of hydrogen-bond acceptors (Lipinski definition) is 3. The Morgan fingerprint density at radius 2 is 2.14 bits per heavy atom. The first-order valence-corrected chi connectivity index (χ1v) is 8.44. The fraction of sp³-hybridized carbons (Fsp3) is 0.556. The lowest BCUT2D eigenvalue weighted by Gasteiger charge is -2.27. The van der Waals surface area contributed by atoms with Gasteiger partial charge in [-0.25, -0.2) is 4.98 Å². The number of carbonyl (C=O) groups is 1. The number of allylic oxidation sites excluding steroid dienone is 2. The molecule has 1 saturated heterocycles. The summed E-state index contributed by atoms with van der Waals surface area (Å²) in [6.07, 6.45) is 12.9. The Balaban J connectivity index is 1.46. The zero-order chi connectivity index (χ0) is 15.2. The molecule has 0 unspecified atom stereocenters. The minimum absolute atomic E-state index is 0.136. The minimum Gasteiger partial charge on any atom is -0.357 e. The van der Waals surface area contributed by atoms with Crippen molar-refractivity contribution >= 4 is 11.7 Å². The normalized spacial score (nSPS) is 21.1. The van der Waals surface area contributed by atoms with Gasteiger partial charge in [0.25, 0.3) is 0 Å². The van der Waals surface area contributed by atoms with Gasteiger partial charge < -0.3 is 10.2 Å². The summed E-state index contributed by atoms with van der Waals surface area (Å²) >= 11 is 0.